The van der Waals surface area contributed by atoms with Gasteiger partial charge in [-0.3, -0.25) is 0 Å². The maximum atomic E-state index is 7.01. The highest BCUT2D eigenvalue weighted by Crippen LogP contribution is 2.43. The van der Waals surface area contributed by atoms with Gasteiger partial charge >= 0.3 is 0 Å². The van der Waals surface area contributed by atoms with Crippen molar-refractivity contribution < 1.29 is 13.6 Å². The highest BCUT2D eigenvalue weighted by molar-refractivity contribution is 6.78. The molecule has 0 radical (unpaired) electrons. The summed E-state index contributed by atoms with van der Waals surface area (Å²) in [7, 11) is -3.72. The first-order chi connectivity index (χ1) is 16.2. The second-order valence-electron chi connectivity index (χ2n) is 12.2. The molecule has 1 aromatic rings. The van der Waals surface area contributed by atoms with E-state index < -0.39 is 16.6 Å². The largest absolute Gasteiger partial charge is 0.543 e. The lowest BCUT2D eigenvalue weighted by Gasteiger charge is -2.42. The fraction of sp³-hybridized carbons (Fsp3) is 0.667. The number of hydrogen-bond acceptors (Lipinski definition) is 3. The van der Waals surface area contributed by atoms with E-state index in [9.17, 15) is 0 Å². The van der Waals surface area contributed by atoms with Gasteiger partial charge < -0.3 is 13.6 Å². The van der Waals surface area contributed by atoms with Crippen molar-refractivity contribution in [1.82, 2.24) is 0 Å². The zero-order valence-electron chi connectivity index (χ0n) is 24.6. The van der Waals surface area contributed by atoms with Gasteiger partial charge in [0.15, 0.2) is 8.32 Å². The smallest absolute Gasteiger partial charge is 0.258 e. The van der Waals surface area contributed by atoms with Gasteiger partial charge in [0, 0.05) is 6.61 Å². The van der Waals surface area contributed by atoms with E-state index in [0.29, 0.717) is 29.8 Å². The van der Waals surface area contributed by atoms with Crippen molar-refractivity contribution in [2.75, 3.05) is 13.2 Å². The van der Waals surface area contributed by atoms with E-state index in [-0.39, 0.29) is 5.04 Å². The van der Waals surface area contributed by atoms with Gasteiger partial charge in [-0.05, 0) is 65.3 Å². The summed E-state index contributed by atoms with van der Waals surface area (Å²) in [5, 5.41) is 0.247. The van der Waals surface area contributed by atoms with Gasteiger partial charge in [-0.1, -0.05) is 98.7 Å². The van der Waals surface area contributed by atoms with Crippen molar-refractivity contribution in [3.8, 4) is 0 Å². The van der Waals surface area contributed by atoms with Crippen LogP contribution in [0.3, 0.4) is 0 Å². The van der Waals surface area contributed by atoms with Crippen molar-refractivity contribution in [2.45, 2.75) is 117 Å². The predicted molar refractivity (Wildman–Crippen MR) is 158 cm³/mol. The van der Waals surface area contributed by atoms with E-state index in [4.69, 9.17) is 13.6 Å². The van der Waals surface area contributed by atoms with Crippen LogP contribution in [0.2, 0.25) is 34.8 Å². The Balaban J connectivity index is 2.89. The van der Waals surface area contributed by atoms with Crippen LogP contribution in [-0.2, 0) is 20.2 Å². The van der Waals surface area contributed by atoms with Crippen LogP contribution in [0.1, 0.15) is 80.7 Å². The Kier molecular flexibility index (Phi) is 13.3. The summed E-state index contributed by atoms with van der Waals surface area (Å²) in [6.07, 6.45) is 8.47. The lowest BCUT2D eigenvalue weighted by molar-refractivity contribution is 0.148. The molecule has 0 saturated carbocycles. The Morgan fingerprint density at radius 1 is 0.914 bits per heavy atom. The van der Waals surface area contributed by atoms with Crippen LogP contribution in [0.25, 0.3) is 0 Å². The quantitative estimate of drug-likeness (QED) is 0.100. The van der Waals surface area contributed by atoms with Gasteiger partial charge in [-0.15, -0.1) is 0 Å². The summed E-state index contributed by atoms with van der Waals surface area (Å²) in [6, 6.07) is 10.3. The summed E-state index contributed by atoms with van der Waals surface area (Å²) < 4.78 is 19.3. The minimum absolute atomic E-state index is 0.247. The standard InChI is InChI=1S/C30H54O3Si2/c1-25(2)35(26(3)4,27(5)6)33-29(20-15-16-23-32-34(10,11)30(7,8)9)21-17-22-31-24-28-18-13-12-14-19-28/h12-14,17-21,25-27H,15-16,22-24H2,1-11H3/b21-17+,29-20+. The molecule has 200 valence electrons. The van der Waals surface area contributed by atoms with Crippen molar-refractivity contribution in [3.63, 3.8) is 0 Å². The molecule has 0 amide bonds. The summed E-state index contributed by atoms with van der Waals surface area (Å²) >= 11 is 0. The second kappa shape index (κ2) is 14.6. The minimum atomic E-state index is -2.02. The SMILES string of the molecule is CC(C)[Si](OC(/C=C/COCc1ccccc1)=C/CCCO[Si](C)(C)C(C)(C)C)(C(C)C)C(C)C. The number of allylic oxidation sites excluding steroid dienone is 2. The number of benzene rings is 1. The molecule has 0 aromatic heterocycles. The third-order valence-corrected chi connectivity index (χ3v) is 18.1. The lowest BCUT2D eigenvalue weighted by Crippen LogP contribution is -2.47. The number of ether oxygens (including phenoxy) is 1. The number of rotatable bonds is 15. The second-order valence-corrected chi connectivity index (χ2v) is 22.4. The molecule has 0 N–H and O–H groups in total. The van der Waals surface area contributed by atoms with Gasteiger partial charge in [-0.25, -0.2) is 0 Å². The minimum Gasteiger partial charge on any atom is -0.543 e. The van der Waals surface area contributed by atoms with E-state index in [2.05, 4.69) is 106 Å². The molecule has 1 aromatic carbocycles. The summed E-state index contributed by atoms with van der Waals surface area (Å²) in [5.41, 5.74) is 2.81. The first-order valence-corrected chi connectivity index (χ1v) is 18.6. The van der Waals surface area contributed by atoms with Crippen LogP contribution in [0.5, 0.6) is 0 Å². The molecular formula is C30H54O3Si2. The van der Waals surface area contributed by atoms with Crippen LogP contribution in [0.15, 0.2) is 54.3 Å². The molecule has 35 heavy (non-hydrogen) atoms. The Hall–Kier alpha value is -1.15. The Morgan fingerprint density at radius 3 is 2.00 bits per heavy atom. The van der Waals surface area contributed by atoms with Gasteiger partial charge in [0.2, 0.25) is 0 Å². The zero-order valence-corrected chi connectivity index (χ0v) is 26.6. The topological polar surface area (TPSA) is 27.7 Å². The number of hydrogen-bond donors (Lipinski definition) is 0. The highest BCUT2D eigenvalue weighted by atomic mass is 28.4. The average molecular weight is 519 g/mol. The van der Waals surface area contributed by atoms with Gasteiger partial charge in [0.1, 0.15) is 0 Å². The van der Waals surface area contributed by atoms with Crippen LogP contribution in [0, 0.1) is 0 Å². The van der Waals surface area contributed by atoms with Gasteiger partial charge in [-0.2, -0.15) is 0 Å². The normalized spacial score (nSPS) is 14.1. The van der Waals surface area contributed by atoms with Crippen molar-refractivity contribution in [1.29, 1.82) is 0 Å². The van der Waals surface area contributed by atoms with E-state index in [1.165, 1.54) is 5.56 Å². The molecule has 5 heteroatoms. The summed E-state index contributed by atoms with van der Waals surface area (Å²) in [5.74, 6) is 1.00. The molecule has 3 nitrogen and oxygen atoms in total. The molecule has 0 fully saturated rings. The first-order valence-electron chi connectivity index (χ1n) is 13.5. The zero-order chi connectivity index (χ0) is 26.7. The van der Waals surface area contributed by atoms with Crippen molar-refractivity contribution in [3.05, 3.63) is 59.9 Å². The fourth-order valence-electron chi connectivity index (χ4n) is 4.56. The maximum Gasteiger partial charge on any atom is 0.258 e. The third-order valence-electron chi connectivity index (χ3n) is 7.57. The predicted octanol–water partition coefficient (Wildman–Crippen LogP) is 9.64. The molecule has 0 aliphatic rings. The Labute approximate surface area is 219 Å². The molecule has 0 aliphatic carbocycles. The van der Waals surface area contributed by atoms with E-state index >= 15 is 0 Å². The summed E-state index contributed by atoms with van der Waals surface area (Å²) in [4.78, 5) is 0. The molecule has 1 rings (SSSR count). The molecule has 0 atom stereocenters. The average Bonchev–Trinajstić information content (AvgIpc) is 2.75. The molecule has 0 spiro atoms. The van der Waals surface area contributed by atoms with E-state index in [1.807, 2.05) is 18.2 Å². The third kappa shape index (κ3) is 10.0. The van der Waals surface area contributed by atoms with Gasteiger partial charge in [0.25, 0.3) is 8.32 Å². The van der Waals surface area contributed by atoms with Crippen LogP contribution >= 0.6 is 0 Å². The van der Waals surface area contributed by atoms with E-state index in [1.54, 1.807) is 0 Å². The maximum absolute atomic E-state index is 7.01. The Morgan fingerprint density at radius 2 is 1.49 bits per heavy atom. The van der Waals surface area contributed by atoms with Gasteiger partial charge in [0.05, 0.1) is 19.0 Å². The molecular weight excluding hydrogens is 464 g/mol. The number of unbranched alkanes of at least 4 members (excludes halogenated alkanes) is 1. The first kappa shape index (κ1) is 31.9. The molecule has 0 bridgehead atoms. The molecule has 0 aliphatic heterocycles. The van der Waals surface area contributed by atoms with Crippen molar-refractivity contribution >= 4 is 16.6 Å². The van der Waals surface area contributed by atoms with Crippen LogP contribution in [-0.4, -0.2) is 29.8 Å². The Bertz CT molecular complexity index is 753. The van der Waals surface area contributed by atoms with E-state index in [0.717, 1.165) is 25.2 Å². The lowest BCUT2D eigenvalue weighted by atomic mass is 10.2. The van der Waals surface area contributed by atoms with Crippen LogP contribution in [0.4, 0.5) is 0 Å². The highest BCUT2D eigenvalue weighted by Gasteiger charge is 2.47. The van der Waals surface area contributed by atoms with Crippen LogP contribution < -0.4 is 0 Å². The fourth-order valence-corrected chi connectivity index (χ4v) is 10.9. The molecule has 0 saturated heterocycles. The van der Waals surface area contributed by atoms with Crippen molar-refractivity contribution in [2.24, 2.45) is 0 Å². The summed E-state index contributed by atoms with van der Waals surface area (Å²) in [6.45, 7) is 27.6. The molecule has 0 heterocycles. The molecule has 0 unspecified atom stereocenters. The monoisotopic (exact) mass is 518 g/mol.